The molecule has 0 saturated heterocycles. The Kier molecular flexibility index (Phi) is 3.98. The minimum Gasteiger partial charge on any atom is -0.308 e. The smallest absolute Gasteiger partial charge is 0.0749 e. The molecular weight excluding hydrogens is 256 g/mol. The van der Waals surface area contributed by atoms with Gasteiger partial charge < -0.3 is 5.32 Å². The number of aromatic nitrogens is 1. The minimum absolute atomic E-state index is 0.126. The van der Waals surface area contributed by atoms with Crippen LogP contribution in [0, 0.1) is 0 Å². The zero-order chi connectivity index (χ0) is 14.7. The van der Waals surface area contributed by atoms with Gasteiger partial charge in [0.2, 0.25) is 0 Å². The van der Waals surface area contributed by atoms with Crippen molar-refractivity contribution in [3.8, 4) is 0 Å². The zero-order valence-electron chi connectivity index (χ0n) is 12.5. The van der Waals surface area contributed by atoms with Crippen LogP contribution in [0.15, 0.2) is 60.7 Å². The minimum atomic E-state index is 0.126. The van der Waals surface area contributed by atoms with E-state index in [0.717, 1.165) is 17.6 Å². The first-order valence-corrected chi connectivity index (χ1v) is 7.43. The molecule has 0 aliphatic rings. The highest BCUT2D eigenvalue weighted by atomic mass is 14.9. The largest absolute Gasteiger partial charge is 0.308 e. The second kappa shape index (κ2) is 6.06. The molecule has 106 valence electrons. The lowest BCUT2D eigenvalue weighted by Gasteiger charge is -2.17. The van der Waals surface area contributed by atoms with Gasteiger partial charge in [0.15, 0.2) is 0 Å². The quantitative estimate of drug-likeness (QED) is 0.776. The monoisotopic (exact) mass is 276 g/mol. The van der Waals surface area contributed by atoms with E-state index in [4.69, 9.17) is 4.98 Å². The molecule has 21 heavy (non-hydrogen) atoms. The number of nitrogens with zero attached hydrogens (tertiary/aromatic N) is 1. The molecule has 0 fully saturated rings. The first kappa shape index (κ1) is 13.8. The number of hydrogen-bond acceptors (Lipinski definition) is 2. The van der Waals surface area contributed by atoms with Crippen LogP contribution < -0.4 is 5.32 Å². The van der Waals surface area contributed by atoms with Crippen molar-refractivity contribution in [1.82, 2.24) is 10.3 Å². The van der Waals surface area contributed by atoms with Crippen LogP contribution in [0.25, 0.3) is 10.9 Å². The van der Waals surface area contributed by atoms with Gasteiger partial charge in [-0.2, -0.15) is 0 Å². The van der Waals surface area contributed by atoms with E-state index in [1.54, 1.807) is 0 Å². The number of rotatable bonds is 4. The Bertz CT molecular complexity index is 749. The van der Waals surface area contributed by atoms with E-state index in [1.165, 1.54) is 16.5 Å². The van der Waals surface area contributed by atoms with Gasteiger partial charge in [0.1, 0.15) is 0 Å². The average molecular weight is 276 g/mol. The molecule has 1 heterocycles. The summed E-state index contributed by atoms with van der Waals surface area (Å²) in [5, 5.41) is 4.57. The van der Waals surface area contributed by atoms with Gasteiger partial charge in [-0.25, -0.2) is 0 Å². The van der Waals surface area contributed by atoms with Crippen LogP contribution in [-0.2, 0) is 6.42 Å². The number of hydrogen-bond donors (Lipinski definition) is 1. The third-order valence-corrected chi connectivity index (χ3v) is 3.90. The normalized spacial score (nSPS) is 12.5. The van der Waals surface area contributed by atoms with Crippen molar-refractivity contribution in [2.75, 3.05) is 7.05 Å². The van der Waals surface area contributed by atoms with Crippen molar-refractivity contribution in [2.24, 2.45) is 0 Å². The molecule has 2 heteroatoms. The Balaban J connectivity index is 2.04. The Labute approximate surface area is 125 Å². The molecule has 0 spiro atoms. The van der Waals surface area contributed by atoms with E-state index in [2.05, 4.69) is 60.8 Å². The summed E-state index contributed by atoms with van der Waals surface area (Å²) in [5.74, 6) is 0. The van der Waals surface area contributed by atoms with Crippen molar-refractivity contribution >= 4 is 10.9 Å². The van der Waals surface area contributed by atoms with E-state index in [-0.39, 0.29) is 6.04 Å². The topological polar surface area (TPSA) is 24.9 Å². The summed E-state index contributed by atoms with van der Waals surface area (Å²) in [5.41, 5.74) is 4.72. The molecule has 3 aromatic rings. The summed E-state index contributed by atoms with van der Waals surface area (Å²) in [7, 11) is 1.99. The summed E-state index contributed by atoms with van der Waals surface area (Å²) in [6.45, 7) is 2.18. The standard InChI is InChI=1S/C19H20N2/c1-3-14-7-6-9-16(13-14)19(20-2)18-12-11-15-8-4-5-10-17(15)21-18/h4-13,19-20H,3H2,1-2H3. The van der Waals surface area contributed by atoms with Crippen molar-refractivity contribution < 1.29 is 0 Å². The molecule has 0 radical (unpaired) electrons. The van der Waals surface area contributed by atoms with Gasteiger partial charge in [0, 0.05) is 5.39 Å². The first-order chi connectivity index (χ1) is 10.3. The molecule has 1 aromatic heterocycles. The highest BCUT2D eigenvalue weighted by molar-refractivity contribution is 5.78. The lowest BCUT2D eigenvalue weighted by Crippen LogP contribution is -2.19. The molecule has 1 atom stereocenters. The van der Waals surface area contributed by atoms with Crippen molar-refractivity contribution in [1.29, 1.82) is 0 Å². The Morgan fingerprint density at radius 2 is 1.86 bits per heavy atom. The molecule has 0 aliphatic heterocycles. The predicted octanol–water partition coefficient (Wildman–Crippen LogP) is 4.11. The highest BCUT2D eigenvalue weighted by Gasteiger charge is 2.14. The van der Waals surface area contributed by atoms with E-state index < -0.39 is 0 Å². The Morgan fingerprint density at radius 1 is 1.00 bits per heavy atom. The van der Waals surface area contributed by atoms with Gasteiger partial charge in [-0.05, 0) is 36.7 Å². The maximum atomic E-state index is 4.82. The fraction of sp³-hybridized carbons (Fsp3) is 0.211. The predicted molar refractivity (Wildman–Crippen MR) is 88.5 cm³/mol. The summed E-state index contributed by atoms with van der Waals surface area (Å²) in [6, 6.07) is 21.3. The third kappa shape index (κ3) is 2.81. The first-order valence-electron chi connectivity index (χ1n) is 7.43. The summed E-state index contributed by atoms with van der Waals surface area (Å²) in [4.78, 5) is 4.82. The van der Waals surface area contributed by atoms with Gasteiger partial charge in [-0.15, -0.1) is 0 Å². The number of fused-ring (bicyclic) bond motifs is 1. The lowest BCUT2D eigenvalue weighted by atomic mass is 9.99. The molecule has 2 aromatic carbocycles. The van der Waals surface area contributed by atoms with E-state index >= 15 is 0 Å². The SMILES string of the molecule is CCc1cccc(C(NC)c2ccc3ccccc3n2)c1. The molecular formula is C19H20N2. The number of pyridine rings is 1. The number of aryl methyl sites for hydroxylation is 1. The van der Waals surface area contributed by atoms with E-state index in [0.29, 0.717) is 0 Å². The summed E-state index contributed by atoms with van der Waals surface area (Å²) < 4.78 is 0. The number of nitrogens with one attached hydrogen (secondary N) is 1. The third-order valence-electron chi connectivity index (χ3n) is 3.90. The summed E-state index contributed by atoms with van der Waals surface area (Å²) in [6.07, 6.45) is 1.05. The van der Waals surface area contributed by atoms with E-state index in [9.17, 15) is 0 Å². The van der Waals surface area contributed by atoms with E-state index in [1.807, 2.05) is 19.2 Å². The number of benzene rings is 2. The Hall–Kier alpha value is -2.19. The molecule has 1 N–H and O–H groups in total. The zero-order valence-corrected chi connectivity index (χ0v) is 12.5. The summed E-state index contributed by atoms with van der Waals surface area (Å²) >= 11 is 0. The lowest BCUT2D eigenvalue weighted by molar-refractivity contribution is 0.673. The van der Waals surface area contributed by atoms with Crippen molar-refractivity contribution in [3.05, 3.63) is 77.5 Å². The molecule has 1 unspecified atom stereocenters. The van der Waals surface area contributed by atoms with Crippen LogP contribution in [0.1, 0.15) is 29.8 Å². The molecule has 0 bridgehead atoms. The van der Waals surface area contributed by atoms with Crippen LogP contribution in [0.2, 0.25) is 0 Å². The number of para-hydroxylation sites is 1. The molecule has 0 aliphatic carbocycles. The van der Waals surface area contributed by atoms with Gasteiger partial charge in [0.05, 0.1) is 17.3 Å². The van der Waals surface area contributed by atoms with Gasteiger partial charge in [0.25, 0.3) is 0 Å². The highest BCUT2D eigenvalue weighted by Crippen LogP contribution is 2.23. The van der Waals surface area contributed by atoms with Gasteiger partial charge >= 0.3 is 0 Å². The Morgan fingerprint density at radius 3 is 2.67 bits per heavy atom. The molecule has 0 amide bonds. The van der Waals surface area contributed by atoms with Crippen LogP contribution in [0.5, 0.6) is 0 Å². The van der Waals surface area contributed by atoms with Crippen LogP contribution in [0.3, 0.4) is 0 Å². The van der Waals surface area contributed by atoms with Crippen molar-refractivity contribution in [2.45, 2.75) is 19.4 Å². The molecule has 3 rings (SSSR count). The molecule has 0 saturated carbocycles. The van der Waals surface area contributed by atoms with Crippen molar-refractivity contribution in [3.63, 3.8) is 0 Å². The van der Waals surface area contributed by atoms with Gasteiger partial charge in [-0.3, -0.25) is 4.98 Å². The second-order valence-corrected chi connectivity index (χ2v) is 5.25. The van der Waals surface area contributed by atoms with Crippen LogP contribution >= 0.6 is 0 Å². The van der Waals surface area contributed by atoms with Crippen LogP contribution in [0.4, 0.5) is 0 Å². The fourth-order valence-corrected chi connectivity index (χ4v) is 2.72. The van der Waals surface area contributed by atoms with Crippen LogP contribution in [-0.4, -0.2) is 12.0 Å². The average Bonchev–Trinajstić information content (AvgIpc) is 2.56. The van der Waals surface area contributed by atoms with Gasteiger partial charge in [-0.1, -0.05) is 55.5 Å². The second-order valence-electron chi connectivity index (χ2n) is 5.25. The maximum Gasteiger partial charge on any atom is 0.0749 e. The fourth-order valence-electron chi connectivity index (χ4n) is 2.72. The maximum absolute atomic E-state index is 4.82. The molecule has 2 nitrogen and oxygen atoms in total.